The van der Waals surface area contributed by atoms with E-state index < -0.39 is 6.10 Å². The van der Waals surface area contributed by atoms with E-state index in [4.69, 9.17) is 4.74 Å². The molecule has 0 spiro atoms. The molecule has 2 N–H and O–H groups in total. The van der Waals surface area contributed by atoms with Crippen molar-refractivity contribution in [3.8, 4) is 5.75 Å². The standard InChI is InChI=1S/C21H27N3O2.HI/c1-3-22-21(24-12-11-17-8-4-5-10-20(17)24)23-14-18(25)15-26-19-9-6-7-16(2)13-19;/h4-10,13,18,25H,3,11-12,14-15H2,1-2H3,(H,22,23);1H. The van der Waals surface area contributed by atoms with Crippen LogP contribution in [0.25, 0.3) is 0 Å². The van der Waals surface area contributed by atoms with Crippen LogP contribution < -0.4 is 15.0 Å². The Hall–Kier alpha value is -1.80. The molecule has 0 amide bonds. The lowest BCUT2D eigenvalue weighted by Crippen LogP contribution is -2.41. The fraction of sp³-hybridized carbons (Fsp3) is 0.381. The first-order valence-electron chi connectivity index (χ1n) is 9.18. The number of fused-ring (bicyclic) bond motifs is 1. The van der Waals surface area contributed by atoms with Crippen LogP contribution in [-0.4, -0.2) is 43.4 Å². The zero-order valence-electron chi connectivity index (χ0n) is 15.9. The summed E-state index contributed by atoms with van der Waals surface area (Å²) >= 11 is 0. The maximum absolute atomic E-state index is 10.3. The van der Waals surface area contributed by atoms with Crippen LogP contribution in [-0.2, 0) is 6.42 Å². The van der Waals surface area contributed by atoms with Crippen LogP contribution >= 0.6 is 24.0 Å². The quantitative estimate of drug-likeness (QED) is 0.378. The zero-order chi connectivity index (χ0) is 18.4. The van der Waals surface area contributed by atoms with Crippen molar-refractivity contribution in [3.63, 3.8) is 0 Å². The number of guanidine groups is 1. The number of aryl methyl sites for hydroxylation is 1. The number of para-hydroxylation sites is 1. The fourth-order valence-electron chi connectivity index (χ4n) is 3.10. The van der Waals surface area contributed by atoms with Gasteiger partial charge in [0, 0.05) is 18.8 Å². The van der Waals surface area contributed by atoms with E-state index in [1.54, 1.807) is 0 Å². The van der Waals surface area contributed by atoms with Gasteiger partial charge in [0.05, 0.1) is 6.54 Å². The monoisotopic (exact) mass is 481 g/mol. The summed E-state index contributed by atoms with van der Waals surface area (Å²) < 4.78 is 5.67. The molecule has 27 heavy (non-hydrogen) atoms. The van der Waals surface area contributed by atoms with Gasteiger partial charge in [-0.25, -0.2) is 4.99 Å². The Labute approximate surface area is 178 Å². The summed E-state index contributed by atoms with van der Waals surface area (Å²) in [5.41, 5.74) is 3.66. The first kappa shape index (κ1) is 21.5. The third-order valence-corrected chi connectivity index (χ3v) is 4.36. The summed E-state index contributed by atoms with van der Waals surface area (Å²) in [6, 6.07) is 16.2. The molecule has 1 heterocycles. The number of benzene rings is 2. The van der Waals surface area contributed by atoms with Gasteiger partial charge in [0.2, 0.25) is 0 Å². The van der Waals surface area contributed by atoms with Gasteiger partial charge >= 0.3 is 0 Å². The topological polar surface area (TPSA) is 57.1 Å². The zero-order valence-corrected chi connectivity index (χ0v) is 18.2. The highest BCUT2D eigenvalue weighted by Gasteiger charge is 2.22. The van der Waals surface area contributed by atoms with Gasteiger partial charge in [0.25, 0.3) is 0 Å². The average molecular weight is 481 g/mol. The molecular weight excluding hydrogens is 453 g/mol. The molecule has 6 heteroatoms. The SMILES string of the molecule is CCNC(=NCC(O)COc1cccc(C)c1)N1CCc2ccccc21.I. The van der Waals surface area contributed by atoms with Crippen LogP contribution in [0.3, 0.4) is 0 Å². The Morgan fingerprint density at radius 3 is 2.85 bits per heavy atom. The third-order valence-electron chi connectivity index (χ3n) is 4.36. The minimum Gasteiger partial charge on any atom is -0.491 e. The molecule has 0 saturated carbocycles. The van der Waals surface area contributed by atoms with Crippen molar-refractivity contribution in [1.29, 1.82) is 0 Å². The summed E-state index contributed by atoms with van der Waals surface area (Å²) in [5, 5.41) is 13.6. The summed E-state index contributed by atoms with van der Waals surface area (Å²) in [6.45, 7) is 6.28. The lowest BCUT2D eigenvalue weighted by Gasteiger charge is -2.22. The fourth-order valence-corrected chi connectivity index (χ4v) is 3.10. The van der Waals surface area contributed by atoms with E-state index in [1.165, 1.54) is 11.3 Å². The molecular formula is C21H28IN3O2. The summed E-state index contributed by atoms with van der Waals surface area (Å²) in [6.07, 6.45) is 0.363. The molecule has 2 aromatic carbocycles. The number of nitrogens with one attached hydrogen (secondary N) is 1. The summed E-state index contributed by atoms with van der Waals surface area (Å²) in [4.78, 5) is 6.81. The number of hydrogen-bond donors (Lipinski definition) is 2. The highest BCUT2D eigenvalue weighted by molar-refractivity contribution is 14.0. The highest BCUT2D eigenvalue weighted by Crippen LogP contribution is 2.27. The maximum Gasteiger partial charge on any atom is 0.198 e. The van der Waals surface area contributed by atoms with Crippen LogP contribution in [0.1, 0.15) is 18.1 Å². The average Bonchev–Trinajstić information content (AvgIpc) is 3.07. The molecule has 1 aliphatic heterocycles. The Morgan fingerprint density at radius 1 is 1.26 bits per heavy atom. The Balaban J connectivity index is 0.00000261. The summed E-state index contributed by atoms with van der Waals surface area (Å²) in [7, 11) is 0. The van der Waals surface area contributed by atoms with Crippen molar-refractivity contribution in [2.75, 3.05) is 31.1 Å². The molecule has 0 fully saturated rings. The van der Waals surface area contributed by atoms with Gasteiger partial charge in [-0.15, -0.1) is 24.0 Å². The van der Waals surface area contributed by atoms with Crippen molar-refractivity contribution in [2.24, 2.45) is 4.99 Å². The molecule has 0 bridgehead atoms. The predicted molar refractivity (Wildman–Crippen MR) is 122 cm³/mol. The van der Waals surface area contributed by atoms with Crippen LogP contribution in [0.2, 0.25) is 0 Å². The number of aliphatic imine (C=N–C) groups is 1. The van der Waals surface area contributed by atoms with E-state index in [1.807, 2.05) is 37.3 Å². The number of rotatable bonds is 6. The Bertz CT molecular complexity index is 767. The van der Waals surface area contributed by atoms with Crippen LogP contribution in [0.15, 0.2) is 53.5 Å². The van der Waals surface area contributed by atoms with Gasteiger partial charge in [0.1, 0.15) is 18.5 Å². The highest BCUT2D eigenvalue weighted by atomic mass is 127. The first-order chi connectivity index (χ1) is 12.7. The molecule has 5 nitrogen and oxygen atoms in total. The summed E-state index contributed by atoms with van der Waals surface area (Å²) in [5.74, 6) is 1.58. The van der Waals surface area contributed by atoms with Gasteiger partial charge in [-0.05, 0) is 49.6 Å². The number of ether oxygens (including phenoxy) is 1. The normalized spacial score (nSPS) is 14.3. The van der Waals surface area contributed by atoms with E-state index in [-0.39, 0.29) is 30.6 Å². The van der Waals surface area contributed by atoms with E-state index in [2.05, 4.69) is 40.3 Å². The van der Waals surface area contributed by atoms with Crippen molar-refractivity contribution in [1.82, 2.24) is 5.32 Å². The van der Waals surface area contributed by atoms with Gasteiger partial charge < -0.3 is 20.1 Å². The van der Waals surface area contributed by atoms with E-state index in [9.17, 15) is 5.11 Å². The molecule has 0 aromatic heterocycles. The van der Waals surface area contributed by atoms with E-state index >= 15 is 0 Å². The number of hydrogen-bond acceptors (Lipinski definition) is 3. The smallest absolute Gasteiger partial charge is 0.198 e. The molecule has 1 aliphatic rings. The van der Waals surface area contributed by atoms with Gasteiger partial charge in [-0.3, -0.25) is 0 Å². The Kier molecular flexibility index (Phi) is 8.37. The van der Waals surface area contributed by atoms with Crippen LogP contribution in [0.4, 0.5) is 5.69 Å². The largest absolute Gasteiger partial charge is 0.491 e. The minimum atomic E-state index is -0.651. The van der Waals surface area contributed by atoms with Crippen LogP contribution in [0, 0.1) is 6.92 Å². The molecule has 0 aliphatic carbocycles. The lowest BCUT2D eigenvalue weighted by molar-refractivity contribution is 0.114. The number of aliphatic hydroxyl groups excluding tert-OH is 1. The van der Waals surface area contributed by atoms with Crippen LogP contribution in [0.5, 0.6) is 5.75 Å². The van der Waals surface area contributed by atoms with Crippen molar-refractivity contribution >= 4 is 35.6 Å². The van der Waals surface area contributed by atoms with Crippen molar-refractivity contribution < 1.29 is 9.84 Å². The molecule has 2 aromatic rings. The van der Waals surface area contributed by atoms with Crippen molar-refractivity contribution in [2.45, 2.75) is 26.4 Å². The third kappa shape index (κ3) is 5.84. The molecule has 0 radical (unpaired) electrons. The number of halogens is 1. The van der Waals surface area contributed by atoms with Crippen molar-refractivity contribution in [3.05, 3.63) is 59.7 Å². The molecule has 1 unspecified atom stereocenters. The van der Waals surface area contributed by atoms with E-state index in [0.717, 1.165) is 36.8 Å². The lowest BCUT2D eigenvalue weighted by atomic mass is 10.2. The second-order valence-electron chi connectivity index (χ2n) is 6.51. The van der Waals surface area contributed by atoms with E-state index in [0.29, 0.717) is 6.54 Å². The molecule has 1 atom stereocenters. The number of anilines is 1. The Morgan fingerprint density at radius 2 is 2.07 bits per heavy atom. The van der Waals surface area contributed by atoms with Gasteiger partial charge in [0.15, 0.2) is 5.96 Å². The minimum absolute atomic E-state index is 0. The first-order valence-corrected chi connectivity index (χ1v) is 9.18. The second kappa shape index (κ2) is 10.5. The maximum atomic E-state index is 10.3. The molecule has 3 rings (SSSR count). The number of nitrogens with zero attached hydrogens (tertiary/aromatic N) is 2. The predicted octanol–water partition coefficient (Wildman–Crippen LogP) is 3.38. The molecule has 0 saturated heterocycles. The van der Waals surface area contributed by atoms with Gasteiger partial charge in [-0.1, -0.05) is 30.3 Å². The molecule has 146 valence electrons. The number of aliphatic hydroxyl groups is 1. The van der Waals surface area contributed by atoms with Gasteiger partial charge in [-0.2, -0.15) is 0 Å². The second-order valence-corrected chi connectivity index (χ2v) is 6.51.